The first-order chi connectivity index (χ1) is 8.72. The smallest absolute Gasteiger partial charge is 0.121 e. The van der Waals surface area contributed by atoms with Gasteiger partial charge in [-0.2, -0.15) is 0 Å². The fourth-order valence-corrected chi connectivity index (χ4v) is 1.87. The Morgan fingerprint density at radius 2 is 2.28 bits per heavy atom. The summed E-state index contributed by atoms with van der Waals surface area (Å²) in [6.45, 7) is 5.33. The Bertz CT molecular complexity index is 507. The van der Waals surface area contributed by atoms with E-state index in [-0.39, 0.29) is 0 Å². The van der Waals surface area contributed by atoms with Gasteiger partial charge in [-0.05, 0) is 25.5 Å². The Morgan fingerprint density at radius 1 is 1.44 bits per heavy atom. The van der Waals surface area contributed by atoms with E-state index in [9.17, 15) is 0 Å². The van der Waals surface area contributed by atoms with E-state index in [4.69, 9.17) is 4.74 Å². The maximum atomic E-state index is 5.20. The Balaban J connectivity index is 2.01. The van der Waals surface area contributed by atoms with E-state index in [1.54, 1.807) is 7.11 Å². The number of H-pyrrole nitrogens is 1. The summed E-state index contributed by atoms with van der Waals surface area (Å²) in [6, 6.07) is 6.46. The number of benzene rings is 1. The summed E-state index contributed by atoms with van der Waals surface area (Å²) in [5, 5.41) is 3.46. The SMILES string of the molecule is CCC(C)NCCc1nc2ccc(OC)cc2[nH]1. The number of rotatable bonds is 6. The van der Waals surface area contributed by atoms with Crippen LogP contribution in [0.2, 0.25) is 0 Å². The van der Waals surface area contributed by atoms with Crippen LogP contribution in [-0.4, -0.2) is 29.7 Å². The van der Waals surface area contributed by atoms with Crippen molar-refractivity contribution in [3.8, 4) is 5.75 Å². The Morgan fingerprint density at radius 3 is 3.00 bits per heavy atom. The first-order valence-electron chi connectivity index (χ1n) is 6.49. The van der Waals surface area contributed by atoms with Gasteiger partial charge in [0.05, 0.1) is 18.1 Å². The highest BCUT2D eigenvalue weighted by molar-refractivity contribution is 5.76. The first kappa shape index (κ1) is 12.9. The molecule has 0 bridgehead atoms. The van der Waals surface area contributed by atoms with Crippen molar-refractivity contribution in [1.29, 1.82) is 0 Å². The van der Waals surface area contributed by atoms with Crippen LogP contribution in [-0.2, 0) is 6.42 Å². The average molecular weight is 247 g/mol. The maximum Gasteiger partial charge on any atom is 0.121 e. The van der Waals surface area contributed by atoms with Crippen molar-refractivity contribution in [3.63, 3.8) is 0 Å². The van der Waals surface area contributed by atoms with Gasteiger partial charge >= 0.3 is 0 Å². The lowest BCUT2D eigenvalue weighted by Gasteiger charge is -2.09. The molecular formula is C14H21N3O. The van der Waals surface area contributed by atoms with Gasteiger partial charge in [0.2, 0.25) is 0 Å². The van der Waals surface area contributed by atoms with Gasteiger partial charge in [-0.1, -0.05) is 6.92 Å². The molecule has 1 heterocycles. The molecule has 0 amide bonds. The molecule has 0 fully saturated rings. The van der Waals surface area contributed by atoms with E-state index in [0.29, 0.717) is 6.04 Å². The molecule has 1 aromatic carbocycles. The summed E-state index contributed by atoms with van der Waals surface area (Å²) < 4.78 is 5.20. The highest BCUT2D eigenvalue weighted by atomic mass is 16.5. The summed E-state index contributed by atoms with van der Waals surface area (Å²) in [5.41, 5.74) is 2.03. The van der Waals surface area contributed by atoms with Crippen LogP contribution in [0.5, 0.6) is 5.75 Å². The molecule has 2 aromatic rings. The van der Waals surface area contributed by atoms with E-state index >= 15 is 0 Å². The number of fused-ring (bicyclic) bond motifs is 1. The van der Waals surface area contributed by atoms with Crippen molar-refractivity contribution >= 4 is 11.0 Å². The fraction of sp³-hybridized carbons (Fsp3) is 0.500. The molecule has 0 radical (unpaired) electrons. The highest BCUT2D eigenvalue weighted by Crippen LogP contribution is 2.18. The second-order valence-corrected chi connectivity index (χ2v) is 4.58. The van der Waals surface area contributed by atoms with Crippen LogP contribution < -0.4 is 10.1 Å². The number of imidazole rings is 1. The van der Waals surface area contributed by atoms with Crippen LogP contribution in [0.25, 0.3) is 11.0 Å². The van der Waals surface area contributed by atoms with E-state index in [0.717, 1.165) is 42.0 Å². The average Bonchev–Trinajstić information content (AvgIpc) is 2.79. The van der Waals surface area contributed by atoms with Crippen molar-refractivity contribution in [3.05, 3.63) is 24.0 Å². The van der Waals surface area contributed by atoms with Crippen molar-refractivity contribution < 1.29 is 4.74 Å². The van der Waals surface area contributed by atoms with Crippen molar-refractivity contribution in [2.24, 2.45) is 0 Å². The molecule has 2 rings (SSSR count). The summed E-state index contributed by atoms with van der Waals surface area (Å²) >= 11 is 0. The Kier molecular flexibility index (Phi) is 4.20. The standard InChI is InChI=1S/C14H21N3O/c1-4-10(2)15-8-7-14-16-12-6-5-11(18-3)9-13(12)17-14/h5-6,9-10,15H,4,7-8H2,1-3H3,(H,16,17). The fourth-order valence-electron chi connectivity index (χ4n) is 1.87. The van der Waals surface area contributed by atoms with Crippen LogP contribution in [0, 0.1) is 0 Å². The normalized spacial score (nSPS) is 12.8. The third kappa shape index (κ3) is 3.01. The van der Waals surface area contributed by atoms with E-state index in [1.165, 1.54) is 0 Å². The van der Waals surface area contributed by atoms with Gasteiger partial charge in [0.25, 0.3) is 0 Å². The maximum absolute atomic E-state index is 5.20. The van der Waals surface area contributed by atoms with Crippen molar-refractivity contribution in [2.75, 3.05) is 13.7 Å². The van der Waals surface area contributed by atoms with E-state index < -0.39 is 0 Å². The van der Waals surface area contributed by atoms with Crippen molar-refractivity contribution in [1.82, 2.24) is 15.3 Å². The topological polar surface area (TPSA) is 49.9 Å². The molecule has 0 saturated carbocycles. The molecule has 1 unspecified atom stereocenters. The zero-order valence-electron chi connectivity index (χ0n) is 11.3. The highest BCUT2D eigenvalue weighted by Gasteiger charge is 2.04. The summed E-state index contributed by atoms with van der Waals surface area (Å²) in [5.74, 6) is 1.88. The Labute approximate surface area is 108 Å². The Hall–Kier alpha value is -1.55. The van der Waals surface area contributed by atoms with Crippen LogP contribution in [0.3, 0.4) is 0 Å². The summed E-state index contributed by atoms with van der Waals surface area (Å²) in [4.78, 5) is 7.89. The lowest BCUT2D eigenvalue weighted by Crippen LogP contribution is -2.27. The third-order valence-electron chi connectivity index (χ3n) is 3.21. The lowest BCUT2D eigenvalue weighted by molar-refractivity contribution is 0.415. The molecule has 1 aromatic heterocycles. The number of methoxy groups -OCH3 is 1. The van der Waals surface area contributed by atoms with Crippen LogP contribution in [0.4, 0.5) is 0 Å². The zero-order chi connectivity index (χ0) is 13.0. The second-order valence-electron chi connectivity index (χ2n) is 4.58. The molecule has 4 nitrogen and oxygen atoms in total. The molecule has 18 heavy (non-hydrogen) atoms. The molecule has 0 saturated heterocycles. The monoisotopic (exact) mass is 247 g/mol. The first-order valence-corrected chi connectivity index (χ1v) is 6.49. The number of nitrogens with zero attached hydrogens (tertiary/aromatic N) is 1. The second kappa shape index (κ2) is 5.87. The number of ether oxygens (including phenoxy) is 1. The predicted molar refractivity (Wildman–Crippen MR) is 74.1 cm³/mol. The van der Waals surface area contributed by atoms with Crippen LogP contribution >= 0.6 is 0 Å². The van der Waals surface area contributed by atoms with Gasteiger partial charge in [0.15, 0.2) is 0 Å². The van der Waals surface area contributed by atoms with Crippen LogP contribution in [0.1, 0.15) is 26.1 Å². The minimum atomic E-state index is 0.564. The molecule has 0 spiro atoms. The van der Waals surface area contributed by atoms with E-state index in [2.05, 4.69) is 29.1 Å². The molecule has 0 aliphatic heterocycles. The van der Waals surface area contributed by atoms with E-state index in [1.807, 2.05) is 18.2 Å². The molecule has 0 aliphatic rings. The molecule has 1 atom stereocenters. The van der Waals surface area contributed by atoms with Gasteiger partial charge in [-0.25, -0.2) is 4.98 Å². The minimum absolute atomic E-state index is 0.564. The minimum Gasteiger partial charge on any atom is -0.497 e. The predicted octanol–water partition coefficient (Wildman–Crippen LogP) is 2.50. The largest absolute Gasteiger partial charge is 0.497 e. The summed E-state index contributed by atoms with van der Waals surface area (Å²) in [6.07, 6.45) is 2.07. The third-order valence-corrected chi connectivity index (χ3v) is 3.21. The number of aromatic nitrogens is 2. The molecule has 0 aliphatic carbocycles. The van der Waals surface area contributed by atoms with Crippen LogP contribution in [0.15, 0.2) is 18.2 Å². The number of aromatic amines is 1. The van der Waals surface area contributed by atoms with Gasteiger partial charge in [0, 0.05) is 25.1 Å². The number of hydrogen-bond donors (Lipinski definition) is 2. The van der Waals surface area contributed by atoms with Crippen molar-refractivity contribution in [2.45, 2.75) is 32.7 Å². The molecule has 2 N–H and O–H groups in total. The van der Waals surface area contributed by atoms with Gasteiger partial charge in [-0.15, -0.1) is 0 Å². The molecule has 4 heteroatoms. The van der Waals surface area contributed by atoms with Gasteiger partial charge < -0.3 is 15.0 Å². The van der Waals surface area contributed by atoms with Gasteiger partial charge in [-0.3, -0.25) is 0 Å². The zero-order valence-corrected chi connectivity index (χ0v) is 11.3. The van der Waals surface area contributed by atoms with Gasteiger partial charge in [0.1, 0.15) is 11.6 Å². The molecule has 98 valence electrons. The lowest BCUT2D eigenvalue weighted by atomic mass is 10.2. The molecular weight excluding hydrogens is 226 g/mol. The number of hydrogen-bond acceptors (Lipinski definition) is 3. The quantitative estimate of drug-likeness (QED) is 0.824. The summed E-state index contributed by atoms with van der Waals surface area (Å²) in [7, 11) is 1.68. The number of nitrogens with one attached hydrogen (secondary N) is 2.